The number of ether oxygens (including phenoxy) is 4. The van der Waals surface area contributed by atoms with Crippen LogP contribution >= 0.6 is 0 Å². The topological polar surface area (TPSA) is 111 Å². The molecule has 0 aromatic carbocycles. The van der Waals surface area contributed by atoms with Crippen LogP contribution in [0.4, 0.5) is 0 Å². The molecule has 0 aliphatic carbocycles. The Morgan fingerprint density at radius 1 is 0.330 bits per heavy atom. The van der Waals surface area contributed by atoms with Gasteiger partial charge in [-0.3, -0.25) is 9.59 Å². The minimum Gasteiger partial charge on any atom is -0.545 e. The molecule has 0 aromatic heterocycles. The fraction of sp³-hybridized carbons (Fsp3) is 0.871. The van der Waals surface area contributed by atoms with Crippen molar-refractivity contribution in [3.63, 3.8) is 0 Å². The zero-order valence-electron chi connectivity index (χ0n) is 63.4. The average Bonchev–Trinajstić information content (AvgIpc) is 3.76. The number of esters is 2. The van der Waals surface area contributed by atoms with E-state index in [1.807, 2.05) is 21.1 Å². The van der Waals surface area contributed by atoms with Gasteiger partial charge in [-0.1, -0.05) is 403 Å². The van der Waals surface area contributed by atoms with Crippen LogP contribution in [0.1, 0.15) is 418 Å². The lowest BCUT2D eigenvalue weighted by atomic mass is 10.0. The predicted octanol–water partition coefficient (Wildman–Crippen LogP) is 25.1. The summed E-state index contributed by atoms with van der Waals surface area (Å²) in [5.74, 6) is -2.25. The maximum Gasteiger partial charge on any atom is 0.306 e. The standard InChI is InChI=1S/C85H159NO8/c1-6-8-10-12-14-16-18-20-22-24-26-28-30-32-34-36-38-39-40-41-42-43-44-46-47-49-51-53-55-57-59-61-63-65-67-69-71-73-75-82(87)92-79-81(80-93-85(84(89)90)91-78-77-86(3,4)5)94-83(88)76-74-72-70-68-66-64-62-60-58-56-54-52-50-48-45-37-35-33-31-29-27-25-23-21-19-17-15-13-11-9-7-2/h9,11,15,17,21,23,27,29,81,85H,6-8,10,12-14,16,18-20,22,24-26,28,30-80H2,1-5H3/b11-9-,17-15-,23-21-,29-27-. The Balaban J connectivity index is 3.93. The number of hydrogen-bond donors (Lipinski definition) is 0. The zero-order valence-corrected chi connectivity index (χ0v) is 63.4. The molecule has 94 heavy (non-hydrogen) atoms. The molecule has 0 saturated heterocycles. The molecule has 9 nitrogen and oxygen atoms in total. The Bertz CT molecular complexity index is 1680. The molecule has 0 saturated carbocycles. The first-order chi connectivity index (χ1) is 46.1. The van der Waals surface area contributed by atoms with Gasteiger partial charge in [0.05, 0.1) is 40.3 Å². The molecular weight excluding hydrogens is 1160 g/mol. The Labute approximate surface area is 584 Å². The molecule has 0 aliphatic rings. The second-order valence-corrected chi connectivity index (χ2v) is 29.4. The van der Waals surface area contributed by atoms with E-state index in [0.717, 1.165) is 57.8 Å². The molecule has 552 valence electrons. The molecule has 2 atom stereocenters. The van der Waals surface area contributed by atoms with Gasteiger partial charge in [-0.25, -0.2) is 0 Å². The van der Waals surface area contributed by atoms with Gasteiger partial charge in [0.25, 0.3) is 0 Å². The van der Waals surface area contributed by atoms with Crippen molar-refractivity contribution in [2.24, 2.45) is 0 Å². The summed E-state index contributed by atoms with van der Waals surface area (Å²) >= 11 is 0. The van der Waals surface area contributed by atoms with E-state index in [4.69, 9.17) is 18.9 Å². The Morgan fingerprint density at radius 3 is 0.904 bits per heavy atom. The summed E-state index contributed by atoms with van der Waals surface area (Å²) in [5.41, 5.74) is 0. The fourth-order valence-corrected chi connectivity index (χ4v) is 12.6. The van der Waals surface area contributed by atoms with Gasteiger partial charge in [0, 0.05) is 12.8 Å². The molecule has 0 fully saturated rings. The number of rotatable bonds is 78. The molecule has 0 aliphatic heterocycles. The van der Waals surface area contributed by atoms with E-state index in [0.29, 0.717) is 23.9 Å². The van der Waals surface area contributed by atoms with Gasteiger partial charge in [0.2, 0.25) is 0 Å². The van der Waals surface area contributed by atoms with Crippen molar-refractivity contribution in [1.82, 2.24) is 0 Å². The molecule has 0 rings (SSSR count). The van der Waals surface area contributed by atoms with Gasteiger partial charge in [-0.2, -0.15) is 0 Å². The number of unbranched alkanes of at least 4 members (excludes halogenated alkanes) is 55. The van der Waals surface area contributed by atoms with Gasteiger partial charge in [0.15, 0.2) is 12.4 Å². The van der Waals surface area contributed by atoms with Crippen LogP contribution in [0.5, 0.6) is 0 Å². The molecule has 0 N–H and O–H groups in total. The number of allylic oxidation sites excluding steroid dienone is 8. The van der Waals surface area contributed by atoms with E-state index < -0.39 is 24.3 Å². The third kappa shape index (κ3) is 76.6. The quantitative estimate of drug-likeness (QED) is 0.0195. The first-order valence-corrected chi connectivity index (χ1v) is 41.3. The van der Waals surface area contributed by atoms with Gasteiger partial charge in [-0.15, -0.1) is 0 Å². The lowest BCUT2D eigenvalue weighted by Crippen LogP contribution is -2.44. The summed E-state index contributed by atoms with van der Waals surface area (Å²) < 4.78 is 22.9. The van der Waals surface area contributed by atoms with Crippen LogP contribution in [-0.2, 0) is 33.3 Å². The van der Waals surface area contributed by atoms with Crippen LogP contribution in [0.15, 0.2) is 48.6 Å². The van der Waals surface area contributed by atoms with E-state index in [-0.39, 0.29) is 32.2 Å². The summed E-state index contributed by atoms with van der Waals surface area (Å²) in [6.45, 7) is 4.72. The molecule has 0 bridgehead atoms. The van der Waals surface area contributed by atoms with Crippen molar-refractivity contribution < 1.29 is 42.9 Å². The summed E-state index contributed by atoms with van der Waals surface area (Å²) in [7, 11) is 5.95. The van der Waals surface area contributed by atoms with Crippen molar-refractivity contribution in [2.75, 3.05) is 47.5 Å². The lowest BCUT2D eigenvalue weighted by molar-refractivity contribution is -0.870. The highest BCUT2D eigenvalue weighted by atomic mass is 16.7. The normalized spacial score (nSPS) is 12.8. The Hall–Kier alpha value is -2.75. The van der Waals surface area contributed by atoms with Gasteiger partial charge < -0.3 is 33.3 Å². The summed E-state index contributed by atoms with van der Waals surface area (Å²) in [6.07, 6.45) is 96.9. The number of carboxylic acids is 1. The average molecular weight is 1320 g/mol. The van der Waals surface area contributed by atoms with Crippen LogP contribution in [0.3, 0.4) is 0 Å². The third-order valence-electron chi connectivity index (χ3n) is 18.8. The highest BCUT2D eigenvalue weighted by Crippen LogP contribution is 2.20. The summed E-state index contributed by atoms with van der Waals surface area (Å²) in [6, 6.07) is 0. The highest BCUT2D eigenvalue weighted by Gasteiger charge is 2.22. The lowest BCUT2D eigenvalue weighted by Gasteiger charge is -2.26. The molecule has 9 heteroatoms. The molecule has 0 radical (unpaired) electrons. The van der Waals surface area contributed by atoms with Gasteiger partial charge >= 0.3 is 11.9 Å². The number of carbonyl (C=O) groups is 3. The number of carboxylic acid groups (broad SMARTS) is 1. The van der Waals surface area contributed by atoms with Crippen LogP contribution in [0, 0.1) is 0 Å². The number of carbonyl (C=O) groups excluding carboxylic acids is 3. The van der Waals surface area contributed by atoms with Crippen molar-refractivity contribution in [1.29, 1.82) is 0 Å². The zero-order chi connectivity index (χ0) is 68.2. The summed E-state index contributed by atoms with van der Waals surface area (Å²) in [5, 5.41) is 11.9. The molecular formula is C85H159NO8. The third-order valence-corrected chi connectivity index (χ3v) is 18.8. The minimum atomic E-state index is -1.62. The smallest absolute Gasteiger partial charge is 0.306 e. The maximum atomic E-state index is 13.0. The molecule has 2 unspecified atom stereocenters. The molecule has 0 heterocycles. The van der Waals surface area contributed by atoms with E-state index >= 15 is 0 Å². The van der Waals surface area contributed by atoms with E-state index in [9.17, 15) is 19.5 Å². The second-order valence-electron chi connectivity index (χ2n) is 29.4. The minimum absolute atomic E-state index is 0.150. The van der Waals surface area contributed by atoms with Crippen molar-refractivity contribution in [3.8, 4) is 0 Å². The Morgan fingerprint density at radius 2 is 0.606 bits per heavy atom. The van der Waals surface area contributed by atoms with Crippen LogP contribution in [0.25, 0.3) is 0 Å². The molecule has 0 amide bonds. The van der Waals surface area contributed by atoms with Gasteiger partial charge in [0.1, 0.15) is 13.2 Å². The molecule has 0 spiro atoms. The highest BCUT2D eigenvalue weighted by molar-refractivity contribution is 5.70. The Kier molecular flexibility index (Phi) is 73.8. The number of aliphatic carboxylic acids is 1. The second kappa shape index (κ2) is 76.0. The fourth-order valence-electron chi connectivity index (χ4n) is 12.6. The van der Waals surface area contributed by atoms with Crippen LogP contribution in [0.2, 0.25) is 0 Å². The monoisotopic (exact) mass is 1320 g/mol. The number of nitrogens with zero attached hydrogens (tertiary/aromatic N) is 1. The summed E-state index contributed by atoms with van der Waals surface area (Å²) in [4.78, 5) is 37.6. The van der Waals surface area contributed by atoms with Crippen molar-refractivity contribution in [2.45, 2.75) is 431 Å². The van der Waals surface area contributed by atoms with E-state index in [2.05, 4.69) is 62.5 Å². The van der Waals surface area contributed by atoms with Crippen LogP contribution < -0.4 is 5.11 Å². The first-order valence-electron chi connectivity index (χ1n) is 41.3. The first kappa shape index (κ1) is 91.2. The maximum absolute atomic E-state index is 13.0. The predicted molar refractivity (Wildman–Crippen MR) is 403 cm³/mol. The van der Waals surface area contributed by atoms with E-state index in [1.54, 1.807) is 0 Å². The number of likely N-dealkylation sites (N-methyl/N-ethyl adjacent to an activating group) is 1. The van der Waals surface area contributed by atoms with Crippen molar-refractivity contribution in [3.05, 3.63) is 48.6 Å². The number of quaternary nitrogens is 1. The van der Waals surface area contributed by atoms with E-state index in [1.165, 1.54) is 327 Å². The van der Waals surface area contributed by atoms with Crippen LogP contribution in [-0.4, -0.2) is 82.3 Å². The SMILES string of the molecule is CC/C=C\C/C=C\C/C=C\C/C=C\CCCCCCCCCCCCCCCCCCCCC(=O)OC(COC(=O)CCCCCCCCCCCCCCCCCCCCCCCCCCCCCCCCCCCCCCCC)COC(OCC[N+](C)(C)C)C(=O)[O-]. The van der Waals surface area contributed by atoms with Crippen molar-refractivity contribution >= 4 is 17.9 Å². The number of hydrogen-bond acceptors (Lipinski definition) is 8. The largest absolute Gasteiger partial charge is 0.545 e. The molecule has 0 aromatic rings. The van der Waals surface area contributed by atoms with Gasteiger partial charge in [-0.05, 0) is 51.4 Å².